The van der Waals surface area contributed by atoms with Crippen LogP contribution in [-0.2, 0) is 16.6 Å². The molecular weight excluding hydrogens is 410 g/mol. The van der Waals surface area contributed by atoms with Gasteiger partial charge in [0.15, 0.2) is 0 Å². The number of hydrogen-bond donors (Lipinski definition) is 0. The molecule has 2 aromatic rings. The number of hydrogen-bond acceptors (Lipinski definition) is 2. The van der Waals surface area contributed by atoms with Crippen molar-refractivity contribution in [1.82, 2.24) is 4.31 Å². The van der Waals surface area contributed by atoms with Gasteiger partial charge in [-0.2, -0.15) is 4.31 Å². The molecular formula is C18H19BrClNO2S. The summed E-state index contributed by atoms with van der Waals surface area (Å²) in [5.41, 5.74) is 0.951. The molecule has 1 saturated carbocycles. The summed E-state index contributed by atoms with van der Waals surface area (Å²) in [5, 5.41) is 0.655. The van der Waals surface area contributed by atoms with Crippen LogP contribution in [0.15, 0.2) is 57.9 Å². The SMILES string of the molecule is O=S(=O)(c1ccc(Br)cc1)N(Cc1ccc(Cl)cc1)C1CCCC1. The van der Waals surface area contributed by atoms with Gasteiger partial charge in [0, 0.05) is 22.1 Å². The number of halogens is 2. The van der Waals surface area contributed by atoms with Gasteiger partial charge in [0.05, 0.1) is 4.90 Å². The minimum atomic E-state index is -3.53. The Balaban J connectivity index is 1.94. The van der Waals surface area contributed by atoms with Gasteiger partial charge in [-0.1, -0.05) is 52.5 Å². The van der Waals surface area contributed by atoms with Crippen LogP contribution in [0.1, 0.15) is 31.2 Å². The quantitative estimate of drug-likeness (QED) is 0.653. The third-order valence-electron chi connectivity index (χ3n) is 4.40. The van der Waals surface area contributed by atoms with E-state index in [1.54, 1.807) is 40.7 Å². The first-order chi connectivity index (χ1) is 11.5. The third-order valence-corrected chi connectivity index (χ3v) is 7.10. The summed E-state index contributed by atoms with van der Waals surface area (Å²) < 4.78 is 28.9. The molecule has 0 saturated heterocycles. The van der Waals surface area contributed by atoms with Gasteiger partial charge < -0.3 is 0 Å². The van der Waals surface area contributed by atoms with Crippen LogP contribution in [-0.4, -0.2) is 18.8 Å². The Morgan fingerprint density at radius 3 is 2.17 bits per heavy atom. The lowest BCUT2D eigenvalue weighted by molar-refractivity contribution is 0.316. The molecule has 1 aliphatic rings. The zero-order valence-electron chi connectivity index (χ0n) is 13.2. The number of rotatable bonds is 5. The van der Waals surface area contributed by atoms with Crippen molar-refractivity contribution < 1.29 is 8.42 Å². The van der Waals surface area contributed by atoms with E-state index in [9.17, 15) is 8.42 Å². The Kier molecular flexibility index (Phi) is 5.65. The predicted octanol–water partition coefficient (Wildman–Crippen LogP) is 5.24. The molecule has 0 amide bonds. The van der Waals surface area contributed by atoms with E-state index in [2.05, 4.69) is 15.9 Å². The topological polar surface area (TPSA) is 37.4 Å². The summed E-state index contributed by atoms with van der Waals surface area (Å²) in [6, 6.07) is 14.3. The third kappa shape index (κ3) is 4.02. The summed E-state index contributed by atoms with van der Waals surface area (Å²) in [7, 11) is -3.53. The second-order valence-corrected chi connectivity index (χ2v) is 9.31. The van der Waals surface area contributed by atoms with Crippen LogP contribution in [0, 0.1) is 0 Å². The first-order valence-electron chi connectivity index (χ1n) is 7.99. The molecule has 2 aromatic carbocycles. The highest BCUT2D eigenvalue weighted by Crippen LogP contribution is 2.31. The fraction of sp³-hybridized carbons (Fsp3) is 0.333. The Labute approximate surface area is 156 Å². The molecule has 6 heteroatoms. The van der Waals surface area contributed by atoms with Crippen molar-refractivity contribution in [2.45, 2.75) is 43.2 Å². The maximum Gasteiger partial charge on any atom is 0.243 e. The largest absolute Gasteiger partial charge is 0.243 e. The zero-order chi connectivity index (χ0) is 17.2. The predicted molar refractivity (Wildman–Crippen MR) is 101 cm³/mol. The van der Waals surface area contributed by atoms with Gasteiger partial charge in [-0.3, -0.25) is 0 Å². The van der Waals surface area contributed by atoms with Crippen molar-refractivity contribution in [3.8, 4) is 0 Å². The van der Waals surface area contributed by atoms with E-state index >= 15 is 0 Å². The average molecular weight is 429 g/mol. The molecule has 3 nitrogen and oxygen atoms in total. The van der Waals surface area contributed by atoms with Crippen LogP contribution < -0.4 is 0 Å². The molecule has 0 atom stereocenters. The first-order valence-corrected chi connectivity index (χ1v) is 10.6. The molecule has 0 heterocycles. The monoisotopic (exact) mass is 427 g/mol. The highest BCUT2D eigenvalue weighted by molar-refractivity contribution is 9.10. The molecule has 128 valence electrons. The molecule has 0 N–H and O–H groups in total. The molecule has 0 unspecified atom stereocenters. The summed E-state index contributed by atoms with van der Waals surface area (Å²) >= 11 is 9.29. The van der Waals surface area contributed by atoms with E-state index in [4.69, 9.17) is 11.6 Å². The van der Waals surface area contributed by atoms with E-state index in [1.165, 1.54) is 0 Å². The van der Waals surface area contributed by atoms with Gasteiger partial charge in [-0.15, -0.1) is 0 Å². The van der Waals surface area contributed by atoms with E-state index in [0.29, 0.717) is 16.5 Å². The lowest BCUT2D eigenvalue weighted by Gasteiger charge is -2.28. The van der Waals surface area contributed by atoms with Gasteiger partial charge in [-0.25, -0.2) is 8.42 Å². The molecule has 0 bridgehead atoms. The van der Waals surface area contributed by atoms with E-state index in [-0.39, 0.29) is 6.04 Å². The molecule has 0 radical (unpaired) electrons. The smallest absolute Gasteiger partial charge is 0.207 e. The molecule has 0 aliphatic heterocycles. The van der Waals surface area contributed by atoms with Crippen LogP contribution in [0.4, 0.5) is 0 Å². The van der Waals surface area contributed by atoms with Crippen molar-refractivity contribution in [2.75, 3.05) is 0 Å². The molecule has 24 heavy (non-hydrogen) atoms. The second-order valence-electron chi connectivity index (χ2n) is 6.07. The summed E-state index contributed by atoms with van der Waals surface area (Å²) in [5.74, 6) is 0. The van der Waals surface area contributed by atoms with Crippen LogP contribution >= 0.6 is 27.5 Å². The maximum absolute atomic E-state index is 13.2. The van der Waals surface area contributed by atoms with Crippen LogP contribution in [0.25, 0.3) is 0 Å². The Bertz CT molecular complexity index is 785. The van der Waals surface area contributed by atoms with Crippen molar-refractivity contribution in [3.05, 3.63) is 63.6 Å². The van der Waals surface area contributed by atoms with Crippen LogP contribution in [0.3, 0.4) is 0 Å². The van der Waals surface area contributed by atoms with Crippen molar-refractivity contribution in [3.63, 3.8) is 0 Å². The zero-order valence-corrected chi connectivity index (χ0v) is 16.3. The van der Waals surface area contributed by atoms with Gasteiger partial charge in [0.25, 0.3) is 0 Å². The van der Waals surface area contributed by atoms with Crippen LogP contribution in [0.2, 0.25) is 5.02 Å². The van der Waals surface area contributed by atoms with Gasteiger partial charge >= 0.3 is 0 Å². The lowest BCUT2D eigenvalue weighted by atomic mass is 10.2. The summed E-state index contributed by atoms with van der Waals surface area (Å²) in [6.07, 6.45) is 4.00. The maximum atomic E-state index is 13.2. The molecule has 0 aromatic heterocycles. The van der Waals surface area contributed by atoms with Crippen molar-refractivity contribution >= 4 is 37.6 Å². The fourth-order valence-electron chi connectivity index (χ4n) is 3.11. The van der Waals surface area contributed by atoms with E-state index < -0.39 is 10.0 Å². The number of benzene rings is 2. The Morgan fingerprint density at radius 1 is 1.00 bits per heavy atom. The second kappa shape index (κ2) is 7.56. The average Bonchev–Trinajstić information content (AvgIpc) is 3.08. The Hall–Kier alpha value is -0.880. The summed E-state index contributed by atoms with van der Waals surface area (Å²) in [6.45, 7) is 0.375. The minimum Gasteiger partial charge on any atom is -0.207 e. The molecule has 0 spiro atoms. The van der Waals surface area contributed by atoms with Crippen LogP contribution in [0.5, 0.6) is 0 Å². The van der Waals surface area contributed by atoms with E-state index in [1.807, 2.05) is 12.1 Å². The van der Waals surface area contributed by atoms with Crippen molar-refractivity contribution in [2.24, 2.45) is 0 Å². The fourth-order valence-corrected chi connectivity index (χ4v) is 5.18. The number of nitrogens with zero attached hydrogens (tertiary/aromatic N) is 1. The highest BCUT2D eigenvalue weighted by Gasteiger charge is 2.33. The van der Waals surface area contributed by atoms with Gasteiger partial charge in [0.2, 0.25) is 10.0 Å². The first kappa shape index (κ1) is 17.9. The highest BCUT2D eigenvalue weighted by atomic mass is 79.9. The van der Waals surface area contributed by atoms with Gasteiger partial charge in [-0.05, 0) is 54.8 Å². The van der Waals surface area contributed by atoms with E-state index in [0.717, 1.165) is 35.7 Å². The Morgan fingerprint density at radius 2 is 1.58 bits per heavy atom. The molecule has 1 aliphatic carbocycles. The summed E-state index contributed by atoms with van der Waals surface area (Å²) in [4.78, 5) is 0.339. The standard InChI is InChI=1S/C18H19BrClNO2S/c19-15-7-11-18(12-8-15)24(22,23)21(17-3-1-2-4-17)13-14-5-9-16(20)10-6-14/h5-12,17H,1-4,13H2. The van der Waals surface area contributed by atoms with Gasteiger partial charge in [0.1, 0.15) is 0 Å². The molecule has 3 rings (SSSR count). The minimum absolute atomic E-state index is 0.0642. The normalized spacial score (nSPS) is 16.0. The number of sulfonamides is 1. The van der Waals surface area contributed by atoms with Crippen molar-refractivity contribution in [1.29, 1.82) is 0 Å². The molecule has 1 fully saturated rings. The lowest BCUT2D eigenvalue weighted by Crippen LogP contribution is -2.38.